The molecule has 1 aromatic carbocycles. The Hall–Kier alpha value is -2.40. The molecule has 3 rings (SSSR count). The van der Waals surface area contributed by atoms with Crippen LogP contribution in [-0.2, 0) is 6.54 Å². The first kappa shape index (κ1) is 14.5. The Balaban J connectivity index is 2.14. The van der Waals surface area contributed by atoms with Crippen LogP contribution < -0.4 is 4.74 Å². The number of aromatic nitrogens is 3. The number of pyridine rings is 1. The fraction of sp³-hybridized carbons (Fsp3) is 0.294. The minimum Gasteiger partial charge on any atom is -0.497 e. The Morgan fingerprint density at radius 3 is 2.77 bits per heavy atom. The Bertz CT molecular complexity index is 824. The number of nitrogens with zero attached hydrogens (tertiary/aromatic N) is 3. The summed E-state index contributed by atoms with van der Waals surface area (Å²) in [6, 6.07) is 7.99. The van der Waals surface area contributed by atoms with Crippen molar-refractivity contribution < 1.29 is 9.84 Å². The van der Waals surface area contributed by atoms with Crippen LogP contribution in [0, 0.1) is 13.8 Å². The fourth-order valence-electron chi connectivity index (χ4n) is 2.63. The van der Waals surface area contributed by atoms with Gasteiger partial charge >= 0.3 is 0 Å². The predicted octanol–water partition coefficient (Wildman–Crippen LogP) is 2.72. The van der Waals surface area contributed by atoms with Crippen LogP contribution in [0.4, 0.5) is 0 Å². The number of hydrogen-bond acceptors (Lipinski definition) is 4. The van der Waals surface area contributed by atoms with Gasteiger partial charge in [0.25, 0.3) is 0 Å². The van der Waals surface area contributed by atoms with E-state index < -0.39 is 0 Å². The number of methoxy groups -OCH3 is 1. The van der Waals surface area contributed by atoms with Crippen molar-refractivity contribution in [2.75, 3.05) is 13.7 Å². The summed E-state index contributed by atoms with van der Waals surface area (Å²) >= 11 is 0. The predicted molar refractivity (Wildman–Crippen MR) is 86.1 cm³/mol. The second-order valence-electron chi connectivity index (χ2n) is 5.32. The average Bonchev–Trinajstić information content (AvgIpc) is 2.87. The largest absolute Gasteiger partial charge is 0.497 e. The summed E-state index contributed by atoms with van der Waals surface area (Å²) in [5, 5.41) is 14.6. The molecule has 0 radical (unpaired) electrons. The van der Waals surface area contributed by atoms with E-state index in [1.54, 1.807) is 11.8 Å². The molecule has 2 heterocycles. The molecule has 0 bridgehead atoms. The molecule has 22 heavy (non-hydrogen) atoms. The van der Waals surface area contributed by atoms with Crippen LogP contribution in [0.3, 0.4) is 0 Å². The fourth-order valence-corrected chi connectivity index (χ4v) is 2.63. The van der Waals surface area contributed by atoms with E-state index in [1.165, 1.54) is 0 Å². The van der Waals surface area contributed by atoms with Gasteiger partial charge in [0.2, 0.25) is 0 Å². The smallest absolute Gasteiger partial charge is 0.121 e. The van der Waals surface area contributed by atoms with Crippen LogP contribution in [0.1, 0.15) is 11.3 Å². The zero-order valence-corrected chi connectivity index (χ0v) is 13.0. The summed E-state index contributed by atoms with van der Waals surface area (Å²) < 4.78 is 7.03. The zero-order valence-electron chi connectivity index (χ0n) is 13.0. The lowest BCUT2D eigenvalue weighted by atomic mass is 10.1. The highest BCUT2D eigenvalue weighted by Gasteiger charge is 2.11. The monoisotopic (exact) mass is 297 g/mol. The quantitative estimate of drug-likeness (QED) is 0.804. The highest BCUT2D eigenvalue weighted by molar-refractivity contribution is 5.86. The number of aliphatic hydroxyl groups excluding tert-OH is 1. The number of rotatable bonds is 4. The highest BCUT2D eigenvalue weighted by atomic mass is 16.5. The summed E-state index contributed by atoms with van der Waals surface area (Å²) in [5.41, 5.74) is 4.85. The lowest BCUT2D eigenvalue weighted by Crippen LogP contribution is -2.02. The van der Waals surface area contributed by atoms with Gasteiger partial charge in [-0.1, -0.05) is 0 Å². The van der Waals surface area contributed by atoms with Crippen molar-refractivity contribution in [1.29, 1.82) is 0 Å². The molecule has 2 aromatic heterocycles. The van der Waals surface area contributed by atoms with Crippen molar-refractivity contribution in [2.45, 2.75) is 20.4 Å². The van der Waals surface area contributed by atoms with Crippen LogP contribution >= 0.6 is 0 Å². The molecule has 114 valence electrons. The Labute approximate surface area is 129 Å². The summed E-state index contributed by atoms with van der Waals surface area (Å²) in [5.74, 6) is 0.796. The molecular weight excluding hydrogens is 278 g/mol. The number of hydrogen-bond donors (Lipinski definition) is 1. The number of benzene rings is 1. The summed E-state index contributed by atoms with van der Waals surface area (Å²) in [7, 11) is 1.65. The van der Waals surface area contributed by atoms with Gasteiger partial charge in [-0.3, -0.25) is 4.68 Å². The molecule has 0 aliphatic rings. The van der Waals surface area contributed by atoms with E-state index in [2.05, 4.69) is 18.1 Å². The van der Waals surface area contributed by atoms with Gasteiger partial charge in [-0.15, -0.1) is 0 Å². The summed E-state index contributed by atoms with van der Waals surface area (Å²) in [6.07, 6.45) is 1.93. The molecule has 0 fully saturated rings. The van der Waals surface area contributed by atoms with Crippen molar-refractivity contribution >= 4 is 10.9 Å². The standard InChI is InChI=1S/C17H19N3O2/c1-11-8-16(15-10-20(6-7-21)19-12(15)2)18-17-9-13(22-3)4-5-14(11)17/h4-5,8-10,21H,6-7H2,1-3H3. The van der Waals surface area contributed by atoms with Crippen molar-refractivity contribution in [2.24, 2.45) is 0 Å². The van der Waals surface area contributed by atoms with Crippen LogP contribution in [0.2, 0.25) is 0 Å². The van der Waals surface area contributed by atoms with E-state index in [0.29, 0.717) is 6.54 Å². The molecule has 0 saturated carbocycles. The van der Waals surface area contributed by atoms with Gasteiger partial charge in [0.1, 0.15) is 5.75 Å². The normalized spacial score (nSPS) is 11.1. The van der Waals surface area contributed by atoms with E-state index in [0.717, 1.165) is 39.2 Å². The maximum atomic E-state index is 9.04. The van der Waals surface area contributed by atoms with Crippen molar-refractivity contribution in [3.05, 3.63) is 41.7 Å². The molecule has 5 heteroatoms. The maximum absolute atomic E-state index is 9.04. The number of aryl methyl sites for hydroxylation is 2. The van der Waals surface area contributed by atoms with E-state index in [4.69, 9.17) is 14.8 Å². The maximum Gasteiger partial charge on any atom is 0.121 e. The first-order valence-corrected chi connectivity index (χ1v) is 7.23. The Morgan fingerprint density at radius 2 is 2.05 bits per heavy atom. The second kappa shape index (κ2) is 5.77. The van der Waals surface area contributed by atoms with E-state index in [9.17, 15) is 0 Å². The van der Waals surface area contributed by atoms with E-state index >= 15 is 0 Å². The molecule has 1 N–H and O–H groups in total. The molecule has 0 amide bonds. The zero-order chi connectivity index (χ0) is 15.7. The number of aliphatic hydroxyl groups is 1. The van der Waals surface area contributed by atoms with Crippen LogP contribution in [0.5, 0.6) is 5.75 Å². The lowest BCUT2D eigenvalue weighted by Gasteiger charge is -2.07. The molecular formula is C17H19N3O2. The van der Waals surface area contributed by atoms with Crippen LogP contribution in [0.15, 0.2) is 30.5 Å². The van der Waals surface area contributed by atoms with Crippen LogP contribution in [0.25, 0.3) is 22.2 Å². The molecule has 0 unspecified atom stereocenters. The SMILES string of the molecule is COc1ccc2c(C)cc(-c3cn(CCO)nc3C)nc2c1. The second-order valence-corrected chi connectivity index (χ2v) is 5.32. The van der Waals surface area contributed by atoms with Crippen molar-refractivity contribution in [3.63, 3.8) is 0 Å². The first-order valence-electron chi connectivity index (χ1n) is 7.23. The number of fused-ring (bicyclic) bond motifs is 1. The molecule has 0 atom stereocenters. The van der Waals surface area contributed by atoms with Gasteiger partial charge in [0.15, 0.2) is 0 Å². The highest BCUT2D eigenvalue weighted by Crippen LogP contribution is 2.28. The Morgan fingerprint density at radius 1 is 1.23 bits per heavy atom. The minimum absolute atomic E-state index is 0.0714. The molecule has 0 spiro atoms. The average molecular weight is 297 g/mol. The van der Waals surface area contributed by atoms with Gasteiger partial charge in [-0.25, -0.2) is 4.98 Å². The molecule has 5 nitrogen and oxygen atoms in total. The number of ether oxygens (including phenoxy) is 1. The van der Waals surface area contributed by atoms with Gasteiger partial charge in [-0.2, -0.15) is 5.10 Å². The topological polar surface area (TPSA) is 60.2 Å². The van der Waals surface area contributed by atoms with Gasteiger partial charge in [0, 0.05) is 23.2 Å². The molecule has 3 aromatic rings. The molecule has 0 aliphatic carbocycles. The van der Waals surface area contributed by atoms with E-state index in [1.807, 2.05) is 31.3 Å². The van der Waals surface area contributed by atoms with Gasteiger partial charge < -0.3 is 9.84 Å². The Kier molecular flexibility index (Phi) is 3.81. The van der Waals surface area contributed by atoms with Crippen molar-refractivity contribution in [3.8, 4) is 17.0 Å². The van der Waals surface area contributed by atoms with E-state index in [-0.39, 0.29) is 6.61 Å². The third-order valence-corrected chi connectivity index (χ3v) is 3.78. The summed E-state index contributed by atoms with van der Waals surface area (Å²) in [4.78, 5) is 4.75. The minimum atomic E-state index is 0.0714. The third-order valence-electron chi connectivity index (χ3n) is 3.78. The lowest BCUT2D eigenvalue weighted by molar-refractivity contribution is 0.269. The van der Waals surface area contributed by atoms with Gasteiger partial charge in [-0.05, 0) is 37.6 Å². The van der Waals surface area contributed by atoms with Crippen molar-refractivity contribution in [1.82, 2.24) is 14.8 Å². The molecule has 0 saturated heterocycles. The first-order chi connectivity index (χ1) is 10.6. The molecule has 0 aliphatic heterocycles. The third kappa shape index (κ3) is 2.55. The van der Waals surface area contributed by atoms with Crippen LogP contribution in [-0.4, -0.2) is 33.6 Å². The summed E-state index contributed by atoms with van der Waals surface area (Å²) in [6.45, 7) is 4.59. The van der Waals surface area contributed by atoms with Gasteiger partial charge in [0.05, 0.1) is 37.2 Å².